The molecule has 25 heavy (non-hydrogen) atoms. The average molecular weight is 348 g/mol. The van der Waals surface area contributed by atoms with E-state index in [2.05, 4.69) is 10.6 Å². The minimum atomic E-state index is -1.06. The van der Waals surface area contributed by atoms with E-state index in [1.165, 1.54) is 0 Å². The number of aliphatic carboxylic acids is 1. The van der Waals surface area contributed by atoms with Crippen LogP contribution in [0.1, 0.15) is 56.0 Å². The second-order valence-electron chi connectivity index (χ2n) is 6.60. The first-order chi connectivity index (χ1) is 11.8. The first kappa shape index (κ1) is 20.7. The molecule has 0 aliphatic carbocycles. The molecular weight excluding hydrogens is 320 g/mol. The lowest BCUT2D eigenvalue weighted by atomic mass is 10.0. The minimum Gasteiger partial charge on any atom is -0.480 e. The molecule has 0 saturated heterocycles. The van der Waals surface area contributed by atoms with Gasteiger partial charge in [-0.25, -0.2) is 4.79 Å². The Kier molecular flexibility index (Phi) is 8.11. The van der Waals surface area contributed by atoms with Gasteiger partial charge in [0.1, 0.15) is 12.1 Å². The number of carboxylic acid groups (broad SMARTS) is 1. The van der Waals surface area contributed by atoms with Crippen LogP contribution in [0.4, 0.5) is 0 Å². The summed E-state index contributed by atoms with van der Waals surface area (Å²) in [4.78, 5) is 36.2. The first-order valence-corrected chi connectivity index (χ1v) is 8.67. The van der Waals surface area contributed by atoms with E-state index in [4.69, 9.17) is 0 Å². The highest BCUT2D eigenvalue weighted by molar-refractivity contribution is 5.98. The summed E-state index contributed by atoms with van der Waals surface area (Å²) in [6.45, 7) is 7.50. The van der Waals surface area contributed by atoms with Crippen LogP contribution in [-0.4, -0.2) is 35.0 Å². The lowest BCUT2D eigenvalue weighted by Gasteiger charge is -2.24. The molecule has 2 amide bonds. The van der Waals surface area contributed by atoms with Crippen LogP contribution in [0.2, 0.25) is 0 Å². The molecule has 138 valence electrons. The van der Waals surface area contributed by atoms with Gasteiger partial charge in [0.15, 0.2) is 0 Å². The van der Waals surface area contributed by atoms with Crippen LogP contribution in [0.15, 0.2) is 24.3 Å². The number of carbonyl (C=O) groups excluding carboxylic acids is 2. The first-order valence-electron chi connectivity index (χ1n) is 8.67. The van der Waals surface area contributed by atoms with Gasteiger partial charge in [0.25, 0.3) is 5.91 Å². The molecular formula is C19H28N2O4. The van der Waals surface area contributed by atoms with E-state index in [1.807, 2.05) is 39.8 Å². The molecule has 0 spiro atoms. The van der Waals surface area contributed by atoms with Crippen molar-refractivity contribution in [2.24, 2.45) is 5.92 Å². The summed E-state index contributed by atoms with van der Waals surface area (Å²) < 4.78 is 0. The molecule has 0 aliphatic rings. The Morgan fingerprint density at radius 2 is 1.68 bits per heavy atom. The summed E-state index contributed by atoms with van der Waals surface area (Å²) in [5.74, 6) is -2.06. The third-order valence-electron chi connectivity index (χ3n) is 4.01. The SMILES string of the molecule is CCCC[C@H](NC(=O)C(NC(=O)c1ccc(C)cc1)C(C)C)C(=O)O. The summed E-state index contributed by atoms with van der Waals surface area (Å²) in [5, 5.41) is 14.5. The summed E-state index contributed by atoms with van der Waals surface area (Å²) in [6, 6.07) is 5.31. The predicted octanol–water partition coefficient (Wildman–Crippen LogP) is 2.51. The number of benzene rings is 1. The van der Waals surface area contributed by atoms with Crippen molar-refractivity contribution in [1.29, 1.82) is 0 Å². The average Bonchev–Trinajstić information content (AvgIpc) is 2.56. The molecule has 1 aromatic carbocycles. The van der Waals surface area contributed by atoms with Crippen LogP contribution >= 0.6 is 0 Å². The van der Waals surface area contributed by atoms with Gasteiger partial charge in [-0.15, -0.1) is 0 Å². The lowest BCUT2D eigenvalue weighted by molar-refractivity contribution is -0.142. The zero-order valence-corrected chi connectivity index (χ0v) is 15.3. The number of aryl methyl sites for hydroxylation is 1. The van der Waals surface area contributed by atoms with Gasteiger partial charge in [-0.05, 0) is 31.4 Å². The highest BCUT2D eigenvalue weighted by atomic mass is 16.4. The van der Waals surface area contributed by atoms with Crippen LogP contribution in [0, 0.1) is 12.8 Å². The monoisotopic (exact) mass is 348 g/mol. The van der Waals surface area contributed by atoms with E-state index in [-0.39, 0.29) is 11.8 Å². The van der Waals surface area contributed by atoms with E-state index < -0.39 is 24.0 Å². The fourth-order valence-corrected chi connectivity index (χ4v) is 2.39. The van der Waals surface area contributed by atoms with Crippen molar-refractivity contribution >= 4 is 17.8 Å². The summed E-state index contributed by atoms with van der Waals surface area (Å²) in [7, 11) is 0. The maximum Gasteiger partial charge on any atom is 0.326 e. The normalized spacial score (nSPS) is 13.2. The molecule has 1 unspecified atom stereocenters. The number of nitrogens with one attached hydrogen (secondary N) is 2. The van der Waals surface area contributed by atoms with E-state index >= 15 is 0 Å². The van der Waals surface area contributed by atoms with E-state index in [9.17, 15) is 19.5 Å². The fourth-order valence-electron chi connectivity index (χ4n) is 2.39. The van der Waals surface area contributed by atoms with Gasteiger partial charge in [0, 0.05) is 5.56 Å². The molecule has 1 rings (SSSR count). The van der Waals surface area contributed by atoms with Crippen molar-refractivity contribution in [1.82, 2.24) is 10.6 Å². The number of amides is 2. The molecule has 0 heterocycles. The summed E-state index contributed by atoms with van der Waals surface area (Å²) >= 11 is 0. The van der Waals surface area contributed by atoms with Crippen molar-refractivity contribution in [3.05, 3.63) is 35.4 Å². The molecule has 6 nitrogen and oxygen atoms in total. The highest BCUT2D eigenvalue weighted by Crippen LogP contribution is 2.08. The van der Waals surface area contributed by atoms with Crippen molar-refractivity contribution in [2.45, 2.75) is 59.0 Å². The molecule has 0 radical (unpaired) electrons. The second kappa shape index (κ2) is 9.81. The Morgan fingerprint density at radius 3 is 2.16 bits per heavy atom. The van der Waals surface area contributed by atoms with Crippen LogP contribution in [-0.2, 0) is 9.59 Å². The zero-order valence-electron chi connectivity index (χ0n) is 15.3. The molecule has 0 bridgehead atoms. The third-order valence-corrected chi connectivity index (χ3v) is 4.01. The van der Waals surface area contributed by atoms with Gasteiger partial charge in [-0.2, -0.15) is 0 Å². The van der Waals surface area contributed by atoms with Gasteiger partial charge < -0.3 is 15.7 Å². The van der Waals surface area contributed by atoms with Gasteiger partial charge >= 0.3 is 5.97 Å². The van der Waals surface area contributed by atoms with Crippen LogP contribution in [0.25, 0.3) is 0 Å². The smallest absolute Gasteiger partial charge is 0.326 e. The molecule has 1 aromatic rings. The number of rotatable bonds is 9. The van der Waals surface area contributed by atoms with E-state index in [0.29, 0.717) is 18.4 Å². The van der Waals surface area contributed by atoms with Gasteiger partial charge in [0.2, 0.25) is 5.91 Å². The molecule has 0 aromatic heterocycles. The van der Waals surface area contributed by atoms with Crippen molar-refractivity contribution in [3.63, 3.8) is 0 Å². The number of unbranched alkanes of at least 4 members (excludes halogenated alkanes) is 1. The van der Waals surface area contributed by atoms with E-state index in [0.717, 1.165) is 12.0 Å². The molecule has 2 atom stereocenters. The Labute approximate surface area is 149 Å². The predicted molar refractivity (Wildman–Crippen MR) is 96.4 cm³/mol. The maximum absolute atomic E-state index is 12.5. The van der Waals surface area contributed by atoms with Crippen LogP contribution in [0.3, 0.4) is 0 Å². The van der Waals surface area contributed by atoms with Gasteiger partial charge in [0.05, 0.1) is 0 Å². The number of hydrogen-bond acceptors (Lipinski definition) is 3. The fraction of sp³-hybridized carbons (Fsp3) is 0.526. The summed E-state index contributed by atoms with van der Waals surface area (Å²) in [6.07, 6.45) is 1.92. The largest absolute Gasteiger partial charge is 0.480 e. The molecule has 3 N–H and O–H groups in total. The van der Waals surface area contributed by atoms with Crippen LogP contribution < -0.4 is 10.6 Å². The Bertz CT molecular complexity index is 596. The van der Waals surface area contributed by atoms with Crippen molar-refractivity contribution in [3.8, 4) is 0 Å². The standard InChI is InChI=1S/C19H28N2O4/c1-5-6-7-15(19(24)25)20-18(23)16(12(2)3)21-17(22)14-10-8-13(4)9-11-14/h8-12,15-16H,5-7H2,1-4H3,(H,20,23)(H,21,22)(H,24,25)/t15-,16?/m0/s1. The third kappa shape index (κ3) is 6.57. The van der Waals surface area contributed by atoms with Gasteiger partial charge in [-0.3, -0.25) is 9.59 Å². The van der Waals surface area contributed by atoms with Crippen LogP contribution in [0.5, 0.6) is 0 Å². The van der Waals surface area contributed by atoms with Crippen molar-refractivity contribution in [2.75, 3.05) is 0 Å². The van der Waals surface area contributed by atoms with E-state index in [1.54, 1.807) is 12.1 Å². The topological polar surface area (TPSA) is 95.5 Å². The number of hydrogen-bond donors (Lipinski definition) is 3. The Hall–Kier alpha value is -2.37. The van der Waals surface area contributed by atoms with Crippen molar-refractivity contribution < 1.29 is 19.5 Å². The number of carboxylic acids is 1. The Morgan fingerprint density at radius 1 is 1.08 bits per heavy atom. The second-order valence-corrected chi connectivity index (χ2v) is 6.60. The quantitative estimate of drug-likeness (QED) is 0.639. The molecule has 6 heteroatoms. The maximum atomic E-state index is 12.5. The lowest BCUT2D eigenvalue weighted by Crippen LogP contribution is -2.53. The summed E-state index contributed by atoms with van der Waals surface area (Å²) in [5.41, 5.74) is 1.50. The molecule has 0 aliphatic heterocycles. The minimum absolute atomic E-state index is 0.171. The molecule has 0 fully saturated rings. The highest BCUT2D eigenvalue weighted by Gasteiger charge is 2.28. The van der Waals surface area contributed by atoms with Gasteiger partial charge in [-0.1, -0.05) is 51.3 Å². The Balaban J connectivity index is 2.80. The number of carbonyl (C=O) groups is 3. The molecule has 0 saturated carbocycles. The zero-order chi connectivity index (χ0) is 19.0.